The van der Waals surface area contributed by atoms with Crippen molar-refractivity contribution in [3.05, 3.63) is 0 Å². The van der Waals surface area contributed by atoms with Crippen LogP contribution in [0.15, 0.2) is 0 Å². The van der Waals surface area contributed by atoms with E-state index in [4.69, 9.17) is 9.84 Å². The Hall–Kier alpha value is -1.34. The number of carboxylic acids is 1. The van der Waals surface area contributed by atoms with Crippen LogP contribution in [0.3, 0.4) is 0 Å². The molecule has 0 aliphatic carbocycles. The molecular weight excluding hydrogens is 262 g/mol. The number of hydrogen-bond acceptors (Lipinski definition) is 4. The van der Waals surface area contributed by atoms with E-state index in [-0.39, 0.29) is 12.6 Å². The first-order valence-corrected chi connectivity index (χ1v) is 7.02. The molecule has 1 rings (SSSR count). The number of amides is 2. The maximum absolute atomic E-state index is 11.9. The molecule has 2 amide bonds. The lowest BCUT2D eigenvalue weighted by molar-refractivity contribution is -0.148. The third-order valence-corrected chi connectivity index (χ3v) is 3.81. The molecule has 1 fully saturated rings. The molecule has 0 saturated carbocycles. The number of aliphatic carboxylic acids is 1. The number of methoxy groups -OCH3 is 1. The van der Waals surface area contributed by atoms with Gasteiger partial charge >= 0.3 is 12.0 Å². The lowest BCUT2D eigenvalue weighted by Crippen LogP contribution is -2.54. The second kappa shape index (κ2) is 8.06. The first-order valence-electron chi connectivity index (χ1n) is 7.02. The monoisotopic (exact) mass is 287 g/mol. The standard InChI is InChI=1S/C13H25N3O4/c1-4-10(2)15-5-7-16(8-6-15)13(19)14-9-11(20-3)12(17)18/h10-11H,4-9H2,1-3H3,(H,14,19)(H,17,18). The molecule has 0 spiro atoms. The highest BCUT2D eigenvalue weighted by molar-refractivity contribution is 5.77. The Kier molecular flexibility index (Phi) is 6.74. The van der Waals surface area contributed by atoms with Gasteiger partial charge in [0.15, 0.2) is 6.10 Å². The number of urea groups is 1. The maximum Gasteiger partial charge on any atom is 0.334 e. The molecule has 0 aromatic heterocycles. The Morgan fingerprint density at radius 3 is 2.35 bits per heavy atom. The van der Waals surface area contributed by atoms with Crippen molar-refractivity contribution in [3.63, 3.8) is 0 Å². The minimum absolute atomic E-state index is 0.0176. The first kappa shape index (κ1) is 16.7. The fraction of sp³-hybridized carbons (Fsp3) is 0.846. The van der Waals surface area contributed by atoms with Crippen LogP contribution in [0.25, 0.3) is 0 Å². The van der Waals surface area contributed by atoms with Gasteiger partial charge in [0.25, 0.3) is 0 Å². The van der Waals surface area contributed by atoms with E-state index in [1.807, 2.05) is 0 Å². The Bertz CT molecular complexity index is 330. The summed E-state index contributed by atoms with van der Waals surface area (Å²) >= 11 is 0. The molecule has 0 aromatic carbocycles. The van der Waals surface area contributed by atoms with Crippen LogP contribution in [-0.4, -0.2) is 78.9 Å². The molecule has 20 heavy (non-hydrogen) atoms. The van der Waals surface area contributed by atoms with Crippen molar-refractivity contribution >= 4 is 12.0 Å². The average Bonchev–Trinajstić information content (AvgIpc) is 2.46. The number of carbonyl (C=O) groups is 2. The van der Waals surface area contributed by atoms with Gasteiger partial charge < -0.3 is 20.1 Å². The van der Waals surface area contributed by atoms with Crippen LogP contribution in [0.2, 0.25) is 0 Å². The van der Waals surface area contributed by atoms with Crippen LogP contribution >= 0.6 is 0 Å². The largest absolute Gasteiger partial charge is 0.479 e. The molecule has 2 unspecified atom stereocenters. The minimum atomic E-state index is -1.07. The summed E-state index contributed by atoms with van der Waals surface area (Å²) in [5.74, 6) is -1.07. The number of piperazine rings is 1. The molecule has 7 nitrogen and oxygen atoms in total. The highest BCUT2D eigenvalue weighted by Crippen LogP contribution is 2.08. The topological polar surface area (TPSA) is 82.1 Å². The molecule has 116 valence electrons. The molecule has 0 radical (unpaired) electrons. The summed E-state index contributed by atoms with van der Waals surface area (Å²) < 4.78 is 4.77. The zero-order chi connectivity index (χ0) is 15.1. The normalized spacial score (nSPS) is 19.4. The number of carbonyl (C=O) groups excluding carboxylic acids is 1. The molecule has 0 aromatic rings. The van der Waals surface area contributed by atoms with Crippen LogP contribution in [0.4, 0.5) is 4.79 Å². The van der Waals surface area contributed by atoms with Gasteiger partial charge in [-0.1, -0.05) is 6.92 Å². The van der Waals surface area contributed by atoms with Crippen molar-refractivity contribution in [2.45, 2.75) is 32.4 Å². The van der Waals surface area contributed by atoms with Gasteiger partial charge in [-0.15, -0.1) is 0 Å². The first-order chi connectivity index (χ1) is 9.49. The van der Waals surface area contributed by atoms with Crippen molar-refractivity contribution in [2.75, 3.05) is 39.8 Å². The summed E-state index contributed by atoms with van der Waals surface area (Å²) in [4.78, 5) is 26.8. The second-order valence-corrected chi connectivity index (χ2v) is 5.03. The van der Waals surface area contributed by atoms with Gasteiger partial charge in [-0.2, -0.15) is 0 Å². The maximum atomic E-state index is 11.9. The summed E-state index contributed by atoms with van der Waals surface area (Å²) in [5.41, 5.74) is 0. The Morgan fingerprint density at radius 1 is 1.30 bits per heavy atom. The minimum Gasteiger partial charge on any atom is -0.479 e. The van der Waals surface area contributed by atoms with Crippen molar-refractivity contribution in [1.29, 1.82) is 0 Å². The van der Waals surface area contributed by atoms with Crippen LogP contribution in [0.5, 0.6) is 0 Å². The van der Waals surface area contributed by atoms with E-state index >= 15 is 0 Å². The van der Waals surface area contributed by atoms with E-state index in [1.54, 1.807) is 4.90 Å². The van der Waals surface area contributed by atoms with Gasteiger partial charge in [0.1, 0.15) is 0 Å². The Morgan fingerprint density at radius 2 is 1.90 bits per heavy atom. The summed E-state index contributed by atoms with van der Waals surface area (Å²) in [6.07, 6.45) is 0.0979. The molecular formula is C13H25N3O4. The number of nitrogens with zero attached hydrogens (tertiary/aromatic N) is 2. The molecule has 1 aliphatic heterocycles. The number of carboxylic acid groups (broad SMARTS) is 1. The SMILES string of the molecule is CCC(C)N1CCN(C(=O)NCC(OC)C(=O)O)CC1. The summed E-state index contributed by atoms with van der Waals surface area (Å²) in [5, 5.41) is 11.4. The number of rotatable bonds is 6. The van der Waals surface area contributed by atoms with E-state index in [0.29, 0.717) is 19.1 Å². The van der Waals surface area contributed by atoms with Gasteiger partial charge in [-0.25, -0.2) is 9.59 Å². The predicted octanol–water partition coefficient (Wildman–Crippen LogP) is 0.212. The fourth-order valence-corrected chi connectivity index (χ4v) is 2.19. The summed E-state index contributed by atoms with van der Waals surface area (Å²) in [6, 6.07) is 0.308. The van der Waals surface area contributed by atoms with Crippen LogP contribution in [0.1, 0.15) is 20.3 Å². The highest BCUT2D eigenvalue weighted by Gasteiger charge is 2.24. The quantitative estimate of drug-likeness (QED) is 0.730. The zero-order valence-corrected chi connectivity index (χ0v) is 12.5. The zero-order valence-electron chi connectivity index (χ0n) is 12.5. The third-order valence-electron chi connectivity index (χ3n) is 3.81. The van der Waals surface area contributed by atoms with Gasteiger partial charge in [-0.3, -0.25) is 4.90 Å². The van der Waals surface area contributed by atoms with Gasteiger partial charge in [0, 0.05) is 39.3 Å². The molecule has 0 bridgehead atoms. The van der Waals surface area contributed by atoms with E-state index in [9.17, 15) is 9.59 Å². The molecule has 1 saturated heterocycles. The summed E-state index contributed by atoms with van der Waals surface area (Å²) in [7, 11) is 1.32. The second-order valence-electron chi connectivity index (χ2n) is 5.03. The fourth-order valence-electron chi connectivity index (χ4n) is 2.19. The van der Waals surface area contributed by atoms with Gasteiger partial charge in [-0.05, 0) is 13.3 Å². The lowest BCUT2D eigenvalue weighted by atomic mass is 10.2. The average molecular weight is 287 g/mol. The number of nitrogens with one attached hydrogen (secondary N) is 1. The van der Waals surface area contributed by atoms with Gasteiger partial charge in [0.05, 0.1) is 6.54 Å². The molecule has 1 aliphatic rings. The number of hydrogen-bond donors (Lipinski definition) is 2. The Labute approximate surface area is 119 Å². The predicted molar refractivity (Wildman–Crippen MR) is 74.7 cm³/mol. The summed E-state index contributed by atoms with van der Waals surface area (Å²) in [6.45, 7) is 7.37. The van der Waals surface area contributed by atoms with Crippen LogP contribution in [0, 0.1) is 0 Å². The van der Waals surface area contributed by atoms with E-state index < -0.39 is 12.1 Å². The van der Waals surface area contributed by atoms with E-state index in [2.05, 4.69) is 24.1 Å². The van der Waals surface area contributed by atoms with Crippen molar-refractivity contribution in [2.24, 2.45) is 0 Å². The molecule has 1 heterocycles. The van der Waals surface area contributed by atoms with Gasteiger partial charge in [0.2, 0.25) is 0 Å². The van der Waals surface area contributed by atoms with Crippen molar-refractivity contribution in [1.82, 2.24) is 15.1 Å². The number of ether oxygens (including phenoxy) is 1. The molecule has 2 N–H and O–H groups in total. The van der Waals surface area contributed by atoms with Crippen LogP contribution in [-0.2, 0) is 9.53 Å². The van der Waals surface area contributed by atoms with Crippen LogP contribution < -0.4 is 5.32 Å². The van der Waals surface area contributed by atoms with Crippen molar-refractivity contribution in [3.8, 4) is 0 Å². The third kappa shape index (κ3) is 4.64. The van der Waals surface area contributed by atoms with E-state index in [0.717, 1.165) is 19.5 Å². The van der Waals surface area contributed by atoms with E-state index in [1.165, 1.54) is 7.11 Å². The smallest absolute Gasteiger partial charge is 0.334 e. The highest BCUT2D eigenvalue weighted by atomic mass is 16.5. The molecule has 2 atom stereocenters. The lowest BCUT2D eigenvalue weighted by Gasteiger charge is -2.37. The Balaban J connectivity index is 2.34. The molecule has 7 heteroatoms. The van der Waals surface area contributed by atoms with Crippen molar-refractivity contribution < 1.29 is 19.4 Å².